The maximum absolute atomic E-state index is 11.0. The molecule has 1 heterocycles. The molecule has 1 aliphatic rings. The molecular weight excluding hydrogens is 192 g/mol. The molecule has 2 nitrogen and oxygen atoms in total. The van der Waals surface area contributed by atoms with Crippen molar-refractivity contribution in [2.45, 2.75) is 6.92 Å². The Bertz CT molecular complexity index is 181. The van der Waals surface area contributed by atoms with Crippen molar-refractivity contribution in [3.8, 4) is 0 Å². The fourth-order valence-electron chi connectivity index (χ4n) is 0.880. The fourth-order valence-corrected chi connectivity index (χ4v) is 3.04. The third-order valence-electron chi connectivity index (χ3n) is 1.35. The van der Waals surface area contributed by atoms with E-state index in [0.717, 1.165) is 16.6 Å². The molecule has 0 saturated carbocycles. The predicted octanol–water partition coefficient (Wildman–Crippen LogP) is 1.91. The van der Waals surface area contributed by atoms with Gasteiger partial charge in [-0.15, -0.1) is 23.5 Å². The average Bonchev–Trinajstić information content (AvgIpc) is 2.06. The van der Waals surface area contributed by atoms with E-state index in [2.05, 4.69) is 0 Å². The number of ether oxygens (including phenoxy) is 1. The number of hydrogen-bond acceptors (Lipinski definition) is 4. The van der Waals surface area contributed by atoms with Crippen molar-refractivity contribution in [2.75, 3.05) is 23.2 Å². The van der Waals surface area contributed by atoms with E-state index in [-0.39, 0.29) is 5.97 Å². The van der Waals surface area contributed by atoms with Gasteiger partial charge in [0.15, 0.2) is 0 Å². The van der Waals surface area contributed by atoms with E-state index in [1.165, 1.54) is 5.57 Å². The Morgan fingerprint density at radius 2 is 2.25 bits per heavy atom. The van der Waals surface area contributed by atoms with Gasteiger partial charge in [-0.05, 0) is 12.5 Å². The molecule has 0 spiro atoms. The van der Waals surface area contributed by atoms with Crippen LogP contribution in [0.3, 0.4) is 0 Å². The normalized spacial score (nSPS) is 17.2. The summed E-state index contributed by atoms with van der Waals surface area (Å²) < 4.78 is 4.81. The first-order chi connectivity index (χ1) is 5.83. The van der Waals surface area contributed by atoms with Crippen molar-refractivity contribution in [1.82, 2.24) is 0 Å². The standard InChI is InChI=1S/C8H12O2S2/c1-2-10-8(9)3-7-4-11-6-12-5-7/h3H,2,4-6H2,1H3. The molecule has 0 unspecified atom stereocenters. The van der Waals surface area contributed by atoms with Gasteiger partial charge in [-0.2, -0.15) is 0 Å². The molecule has 12 heavy (non-hydrogen) atoms. The number of thioether (sulfide) groups is 2. The summed E-state index contributed by atoms with van der Waals surface area (Å²) in [5.41, 5.74) is 1.19. The van der Waals surface area contributed by atoms with E-state index in [0.29, 0.717) is 6.61 Å². The van der Waals surface area contributed by atoms with Gasteiger partial charge in [-0.1, -0.05) is 0 Å². The van der Waals surface area contributed by atoms with E-state index in [9.17, 15) is 4.79 Å². The van der Waals surface area contributed by atoms with Crippen molar-refractivity contribution < 1.29 is 9.53 Å². The fraction of sp³-hybridized carbons (Fsp3) is 0.625. The van der Waals surface area contributed by atoms with Gasteiger partial charge in [0.25, 0.3) is 0 Å². The van der Waals surface area contributed by atoms with Gasteiger partial charge >= 0.3 is 5.97 Å². The van der Waals surface area contributed by atoms with Gasteiger partial charge in [0.2, 0.25) is 0 Å². The highest BCUT2D eigenvalue weighted by Crippen LogP contribution is 2.24. The highest BCUT2D eigenvalue weighted by Gasteiger charge is 2.07. The second-order valence-electron chi connectivity index (χ2n) is 2.37. The van der Waals surface area contributed by atoms with E-state index in [1.807, 2.05) is 30.4 Å². The Balaban J connectivity index is 2.37. The van der Waals surface area contributed by atoms with Crippen molar-refractivity contribution in [3.05, 3.63) is 11.6 Å². The number of hydrogen-bond donors (Lipinski definition) is 0. The summed E-state index contributed by atoms with van der Waals surface area (Å²) in [4.78, 5) is 11.0. The van der Waals surface area contributed by atoms with Crippen LogP contribution in [-0.4, -0.2) is 29.2 Å². The summed E-state index contributed by atoms with van der Waals surface area (Å²) in [6.07, 6.45) is 1.63. The molecule has 0 aromatic heterocycles. The van der Waals surface area contributed by atoms with Crippen LogP contribution in [-0.2, 0) is 9.53 Å². The summed E-state index contributed by atoms with van der Waals surface area (Å²) >= 11 is 3.70. The molecule has 0 atom stereocenters. The largest absolute Gasteiger partial charge is 0.463 e. The van der Waals surface area contributed by atoms with Gasteiger partial charge in [-0.3, -0.25) is 0 Å². The van der Waals surface area contributed by atoms with Crippen LogP contribution in [0, 0.1) is 0 Å². The molecule has 1 rings (SSSR count). The lowest BCUT2D eigenvalue weighted by atomic mass is 10.3. The Morgan fingerprint density at radius 3 is 2.83 bits per heavy atom. The number of rotatable bonds is 2. The summed E-state index contributed by atoms with van der Waals surface area (Å²) in [7, 11) is 0. The van der Waals surface area contributed by atoms with Crippen molar-refractivity contribution >= 4 is 29.5 Å². The molecule has 0 amide bonds. The second kappa shape index (κ2) is 5.54. The van der Waals surface area contributed by atoms with Crippen LogP contribution in [0.4, 0.5) is 0 Å². The first kappa shape index (κ1) is 9.99. The Labute approximate surface area is 81.1 Å². The van der Waals surface area contributed by atoms with Crippen LogP contribution in [0.1, 0.15) is 6.92 Å². The zero-order chi connectivity index (χ0) is 8.81. The van der Waals surface area contributed by atoms with Crippen LogP contribution >= 0.6 is 23.5 Å². The molecule has 1 saturated heterocycles. The average molecular weight is 204 g/mol. The molecule has 0 radical (unpaired) electrons. The van der Waals surface area contributed by atoms with Crippen LogP contribution in [0.2, 0.25) is 0 Å². The molecule has 0 bridgehead atoms. The second-order valence-corrected chi connectivity index (χ2v) is 4.71. The Morgan fingerprint density at radius 1 is 1.58 bits per heavy atom. The number of esters is 1. The van der Waals surface area contributed by atoms with E-state index < -0.39 is 0 Å². The maximum atomic E-state index is 11.0. The van der Waals surface area contributed by atoms with Gasteiger partial charge in [-0.25, -0.2) is 4.79 Å². The van der Waals surface area contributed by atoms with Crippen LogP contribution in [0.15, 0.2) is 11.6 Å². The maximum Gasteiger partial charge on any atom is 0.330 e. The first-order valence-corrected chi connectivity index (χ1v) is 6.15. The summed E-state index contributed by atoms with van der Waals surface area (Å²) in [5.74, 6) is 1.76. The summed E-state index contributed by atoms with van der Waals surface area (Å²) in [6, 6.07) is 0. The molecule has 4 heteroatoms. The Hall–Kier alpha value is -0.0900. The minimum absolute atomic E-state index is 0.199. The lowest BCUT2D eigenvalue weighted by Gasteiger charge is -2.12. The highest BCUT2D eigenvalue weighted by atomic mass is 32.2. The molecule has 1 aliphatic heterocycles. The third kappa shape index (κ3) is 3.54. The van der Waals surface area contributed by atoms with Crippen LogP contribution in [0.5, 0.6) is 0 Å². The number of carbonyl (C=O) groups excluding carboxylic acids is 1. The first-order valence-electron chi connectivity index (χ1n) is 3.84. The Kier molecular flexibility index (Phi) is 4.61. The molecule has 1 fully saturated rings. The van der Waals surface area contributed by atoms with Gasteiger partial charge in [0.1, 0.15) is 0 Å². The van der Waals surface area contributed by atoms with Crippen molar-refractivity contribution in [2.24, 2.45) is 0 Å². The molecule has 68 valence electrons. The zero-order valence-electron chi connectivity index (χ0n) is 7.04. The van der Waals surface area contributed by atoms with E-state index in [1.54, 1.807) is 6.08 Å². The quantitative estimate of drug-likeness (QED) is 0.507. The lowest BCUT2D eigenvalue weighted by Crippen LogP contribution is -2.05. The van der Waals surface area contributed by atoms with Gasteiger partial charge < -0.3 is 4.74 Å². The predicted molar refractivity (Wildman–Crippen MR) is 54.5 cm³/mol. The number of carbonyl (C=O) groups is 1. The van der Waals surface area contributed by atoms with Crippen LogP contribution in [0.25, 0.3) is 0 Å². The molecule has 0 N–H and O–H groups in total. The minimum atomic E-state index is -0.199. The molecule has 0 aromatic rings. The van der Waals surface area contributed by atoms with Crippen molar-refractivity contribution in [3.63, 3.8) is 0 Å². The SMILES string of the molecule is CCOC(=O)C=C1CSCSC1. The van der Waals surface area contributed by atoms with Crippen LogP contribution < -0.4 is 0 Å². The zero-order valence-corrected chi connectivity index (χ0v) is 8.67. The molecule has 0 aliphatic carbocycles. The topological polar surface area (TPSA) is 26.3 Å². The van der Waals surface area contributed by atoms with Gasteiger partial charge in [0.05, 0.1) is 6.61 Å². The monoisotopic (exact) mass is 204 g/mol. The molecule has 0 aromatic carbocycles. The van der Waals surface area contributed by atoms with E-state index >= 15 is 0 Å². The van der Waals surface area contributed by atoms with E-state index in [4.69, 9.17) is 4.74 Å². The highest BCUT2D eigenvalue weighted by molar-refractivity contribution is 8.16. The minimum Gasteiger partial charge on any atom is -0.463 e. The van der Waals surface area contributed by atoms with Crippen molar-refractivity contribution in [1.29, 1.82) is 0 Å². The summed E-state index contributed by atoms with van der Waals surface area (Å²) in [5, 5.41) is 1.14. The molecular formula is C8H12O2S2. The van der Waals surface area contributed by atoms with Gasteiger partial charge in [0, 0.05) is 22.7 Å². The summed E-state index contributed by atoms with van der Waals surface area (Å²) in [6.45, 7) is 2.28. The lowest BCUT2D eigenvalue weighted by molar-refractivity contribution is -0.137. The smallest absolute Gasteiger partial charge is 0.330 e. The third-order valence-corrected chi connectivity index (χ3v) is 3.83.